The molecule has 2 N–H and O–H groups in total. The fourth-order valence-electron chi connectivity index (χ4n) is 3.50. The average molecular weight is 520 g/mol. The van der Waals surface area contributed by atoms with Crippen LogP contribution in [0.25, 0.3) is 22.2 Å². The van der Waals surface area contributed by atoms with Crippen LogP contribution in [0.1, 0.15) is 18.6 Å². The Morgan fingerprint density at radius 2 is 1.91 bits per heavy atom. The molecule has 35 heavy (non-hydrogen) atoms. The highest BCUT2D eigenvalue weighted by atomic mass is 35.5. The van der Waals surface area contributed by atoms with E-state index in [2.05, 4.69) is 20.3 Å². The first kappa shape index (κ1) is 24.9. The summed E-state index contributed by atoms with van der Waals surface area (Å²) >= 11 is 12.5. The SMILES string of the molecule is C[C@@H](Oc1ccc2[nH]nc(-c3cnn(CCOCCOCC(=O)O)c3)c2c1)c1c(Cl)cncc1Cl. The molecule has 1 atom stereocenters. The number of aliphatic carboxylic acids is 1. The number of rotatable bonds is 12. The van der Waals surface area contributed by atoms with Gasteiger partial charge in [0.15, 0.2) is 0 Å². The van der Waals surface area contributed by atoms with Crippen molar-refractivity contribution in [3.8, 4) is 17.0 Å². The topological polar surface area (TPSA) is 124 Å². The number of carbonyl (C=O) groups is 1. The first-order valence-electron chi connectivity index (χ1n) is 10.8. The molecular formula is C23H23Cl2N5O5. The van der Waals surface area contributed by atoms with Crippen LogP contribution in [-0.4, -0.2) is 62.5 Å². The molecule has 10 nitrogen and oxygen atoms in total. The zero-order chi connectivity index (χ0) is 24.8. The second-order valence-corrected chi connectivity index (χ2v) is 8.42. The van der Waals surface area contributed by atoms with E-state index in [-0.39, 0.29) is 19.3 Å². The van der Waals surface area contributed by atoms with E-state index >= 15 is 0 Å². The van der Waals surface area contributed by atoms with Crippen molar-refractivity contribution in [3.63, 3.8) is 0 Å². The first-order chi connectivity index (χ1) is 16.9. The lowest BCUT2D eigenvalue weighted by molar-refractivity contribution is -0.142. The molecule has 0 bridgehead atoms. The van der Waals surface area contributed by atoms with Crippen molar-refractivity contribution >= 4 is 40.1 Å². The van der Waals surface area contributed by atoms with Gasteiger partial charge in [-0.3, -0.25) is 14.8 Å². The van der Waals surface area contributed by atoms with Crippen LogP contribution >= 0.6 is 23.2 Å². The number of benzene rings is 1. The third-order valence-corrected chi connectivity index (χ3v) is 5.72. The second kappa shape index (κ2) is 11.5. The number of H-pyrrole nitrogens is 1. The van der Waals surface area contributed by atoms with Crippen molar-refractivity contribution in [1.29, 1.82) is 0 Å². The largest absolute Gasteiger partial charge is 0.486 e. The minimum absolute atomic E-state index is 0.221. The minimum atomic E-state index is -1.00. The number of aromatic nitrogens is 5. The van der Waals surface area contributed by atoms with Crippen molar-refractivity contribution in [2.75, 3.05) is 26.4 Å². The molecule has 0 aliphatic rings. The Balaban J connectivity index is 1.40. The van der Waals surface area contributed by atoms with E-state index < -0.39 is 5.97 Å². The molecule has 4 aromatic rings. The highest BCUT2D eigenvalue weighted by molar-refractivity contribution is 6.35. The van der Waals surface area contributed by atoms with Crippen molar-refractivity contribution < 1.29 is 24.1 Å². The summed E-state index contributed by atoms with van der Waals surface area (Å²) in [6, 6.07) is 5.66. The van der Waals surface area contributed by atoms with E-state index in [1.165, 1.54) is 12.4 Å². The highest BCUT2D eigenvalue weighted by Crippen LogP contribution is 2.34. The number of carboxylic acid groups (broad SMARTS) is 1. The Morgan fingerprint density at radius 3 is 2.69 bits per heavy atom. The number of pyridine rings is 1. The predicted molar refractivity (Wildman–Crippen MR) is 130 cm³/mol. The number of fused-ring (bicyclic) bond motifs is 1. The molecule has 0 spiro atoms. The number of nitrogens with zero attached hydrogens (tertiary/aromatic N) is 4. The molecule has 0 saturated heterocycles. The molecule has 0 amide bonds. The minimum Gasteiger partial charge on any atom is -0.486 e. The molecule has 0 fully saturated rings. The fourth-order valence-corrected chi connectivity index (χ4v) is 4.18. The number of aromatic amines is 1. The van der Waals surface area contributed by atoms with Gasteiger partial charge in [-0.25, -0.2) is 4.79 Å². The first-order valence-corrected chi connectivity index (χ1v) is 11.5. The van der Waals surface area contributed by atoms with E-state index in [1.54, 1.807) is 10.9 Å². The summed E-state index contributed by atoms with van der Waals surface area (Å²) in [5, 5.41) is 22.2. The van der Waals surface area contributed by atoms with Crippen molar-refractivity contribution in [2.45, 2.75) is 19.6 Å². The molecule has 4 rings (SSSR count). The molecule has 184 valence electrons. The van der Waals surface area contributed by atoms with Gasteiger partial charge in [-0.2, -0.15) is 10.2 Å². The molecule has 1 aromatic carbocycles. The number of ether oxygens (including phenoxy) is 3. The summed E-state index contributed by atoms with van der Waals surface area (Å²) in [7, 11) is 0. The van der Waals surface area contributed by atoms with Gasteiger partial charge < -0.3 is 19.3 Å². The Labute approximate surface area is 210 Å². The molecule has 0 saturated carbocycles. The van der Waals surface area contributed by atoms with Gasteiger partial charge in [0.25, 0.3) is 0 Å². The van der Waals surface area contributed by atoms with Gasteiger partial charge in [-0.15, -0.1) is 0 Å². The predicted octanol–water partition coefficient (Wildman–Crippen LogP) is 4.39. The maximum absolute atomic E-state index is 10.4. The van der Waals surface area contributed by atoms with Gasteiger partial charge in [0.1, 0.15) is 24.2 Å². The zero-order valence-corrected chi connectivity index (χ0v) is 20.3. The average Bonchev–Trinajstić information content (AvgIpc) is 3.44. The van der Waals surface area contributed by atoms with Crippen LogP contribution in [0.2, 0.25) is 10.0 Å². The Kier molecular flexibility index (Phi) is 8.19. The van der Waals surface area contributed by atoms with Gasteiger partial charge in [0, 0.05) is 35.1 Å². The van der Waals surface area contributed by atoms with E-state index in [0.717, 1.165) is 22.2 Å². The number of halogens is 2. The van der Waals surface area contributed by atoms with Crippen molar-refractivity contribution in [1.82, 2.24) is 25.0 Å². The van der Waals surface area contributed by atoms with Crippen LogP contribution in [0.5, 0.6) is 5.75 Å². The monoisotopic (exact) mass is 519 g/mol. The molecule has 3 heterocycles. The van der Waals surface area contributed by atoms with E-state index in [4.69, 9.17) is 42.5 Å². The van der Waals surface area contributed by atoms with Gasteiger partial charge in [-0.1, -0.05) is 23.2 Å². The van der Waals surface area contributed by atoms with Crippen molar-refractivity contribution in [3.05, 3.63) is 58.6 Å². The Bertz CT molecular complexity index is 1290. The van der Waals surface area contributed by atoms with Crippen LogP contribution in [0.4, 0.5) is 0 Å². The van der Waals surface area contributed by atoms with Crippen LogP contribution < -0.4 is 4.74 Å². The van der Waals surface area contributed by atoms with Crippen LogP contribution in [0.3, 0.4) is 0 Å². The normalized spacial score (nSPS) is 12.2. The molecule has 3 aromatic heterocycles. The van der Waals surface area contributed by atoms with Gasteiger partial charge >= 0.3 is 5.97 Å². The quantitative estimate of drug-likeness (QED) is 0.264. The Morgan fingerprint density at radius 1 is 1.14 bits per heavy atom. The smallest absolute Gasteiger partial charge is 0.329 e. The molecule has 0 unspecified atom stereocenters. The van der Waals surface area contributed by atoms with E-state index in [0.29, 0.717) is 41.1 Å². The van der Waals surface area contributed by atoms with Gasteiger partial charge in [-0.05, 0) is 25.1 Å². The summed E-state index contributed by atoms with van der Waals surface area (Å²) in [5.74, 6) is -0.363. The lowest BCUT2D eigenvalue weighted by Crippen LogP contribution is -2.13. The van der Waals surface area contributed by atoms with Crippen molar-refractivity contribution in [2.24, 2.45) is 0 Å². The highest BCUT2D eigenvalue weighted by Gasteiger charge is 2.17. The number of hydrogen-bond donors (Lipinski definition) is 2. The molecular weight excluding hydrogens is 497 g/mol. The molecule has 0 aliphatic heterocycles. The lowest BCUT2D eigenvalue weighted by Gasteiger charge is -2.17. The second-order valence-electron chi connectivity index (χ2n) is 7.61. The molecule has 0 aliphatic carbocycles. The van der Waals surface area contributed by atoms with Crippen LogP contribution in [0, 0.1) is 0 Å². The third kappa shape index (κ3) is 6.29. The summed E-state index contributed by atoms with van der Waals surface area (Å²) < 4.78 is 18.3. The molecule has 0 radical (unpaired) electrons. The van der Waals surface area contributed by atoms with Crippen LogP contribution in [0.15, 0.2) is 43.0 Å². The maximum Gasteiger partial charge on any atom is 0.329 e. The maximum atomic E-state index is 10.4. The van der Waals surface area contributed by atoms with Gasteiger partial charge in [0.05, 0.1) is 48.1 Å². The Hall–Kier alpha value is -3.18. The number of carboxylic acids is 1. The number of hydrogen-bond acceptors (Lipinski definition) is 7. The van der Waals surface area contributed by atoms with Crippen LogP contribution in [-0.2, 0) is 20.8 Å². The van der Waals surface area contributed by atoms with Gasteiger partial charge in [0.2, 0.25) is 0 Å². The summed E-state index contributed by atoms with van der Waals surface area (Å²) in [6.45, 7) is 3.01. The standard InChI is InChI=1S/C23H23Cl2N5O5/c1-14(22-18(24)10-26-11-19(22)25)35-16-2-3-20-17(8-16)23(29-28-20)15-9-27-30(12-15)4-5-33-6-7-34-13-21(31)32/h2-3,8-12,14H,4-7,13H2,1H3,(H,28,29)(H,31,32)/t14-/m1/s1. The third-order valence-electron chi connectivity index (χ3n) is 5.11. The lowest BCUT2D eigenvalue weighted by atomic mass is 10.1. The zero-order valence-electron chi connectivity index (χ0n) is 18.8. The molecule has 12 heteroatoms. The fraction of sp³-hybridized carbons (Fsp3) is 0.304. The summed E-state index contributed by atoms with van der Waals surface area (Å²) in [5.41, 5.74) is 3.11. The number of nitrogens with one attached hydrogen (secondary N) is 1. The van der Waals surface area contributed by atoms with E-state index in [1.807, 2.05) is 31.3 Å². The summed E-state index contributed by atoms with van der Waals surface area (Å²) in [4.78, 5) is 14.4. The summed E-state index contributed by atoms with van der Waals surface area (Å²) in [6.07, 6.45) is 6.31. The van der Waals surface area contributed by atoms with E-state index in [9.17, 15) is 4.79 Å².